The minimum Gasteiger partial charge on any atom is -0.396 e. The van der Waals surface area contributed by atoms with Gasteiger partial charge >= 0.3 is 0 Å². The maximum Gasteiger partial charge on any atom is 0.148 e. The van der Waals surface area contributed by atoms with Crippen LogP contribution in [0.3, 0.4) is 0 Å². The van der Waals surface area contributed by atoms with Crippen molar-refractivity contribution in [2.45, 2.75) is 33.6 Å². The van der Waals surface area contributed by atoms with Crippen LogP contribution >= 0.6 is 0 Å². The van der Waals surface area contributed by atoms with Crippen LogP contribution in [0.5, 0.6) is 0 Å². The number of anilines is 2. The molecule has 0 spiro atoms. The number of aliphatic hydroxyl groups excluding tert-OH is 1. The van der Waals surface area contributed by atoms with Gasteiger partial charge in [0.2, 0.25) is 0 Å². The van der Waals surface area contributed by atoms with Gasteiger partial charge in [-0.2, -0.15) is 0 Å². The highest BCUT2D eigenvalue weighted by Crippen LogP contribution is 2.18. The molecule has 1 aromatic rings. The first-order chi connectivity index (χ1) is 8.58. The van der Waals surface area contributed by atoms with Crippen molar-refractivity contribution in [3.63, 3.8) is 0 Å². The molecule has 1 unspecified atom stereocenters. The summed E-state index contributed by atoms with van der Waals surface area (Å²) in [4.78, 5) is 8.55. The fourth-order valence-electron chi connectivity index (χ4n) is 1.69. The lowest BCUT2D eigenvalue weighted by Gasteiger charge is -2.13. The molecule has 0 aliphatic carbocycles. The monoisotopic (exact) mass is 253 g/mol. The van der Waals surface area contributed by atoms with Crippen LogP contribution in [0.4, 0.5) is 11.6 Å². The molecule has 6 heteroatoms. The molecule has 0 radical (unpaired) electrons. The van der Waals surface area contributed by atoms with Crippen LogP contribution in [0.1, 0.15) is 31.2 Å². The molecule has 0 aliphatic heterocycles. The number of nitrogens with two attached hydrogens (primary N) is 1. The quantitative estimate of drug-likeness (QED) is 0.331. The number of aromatic nitrogens is 2. The van der Waals surface area contributed by atoms with Gasteiger partial charge < -0.3 is 15.8 Å². The summed E-state index contributed by atoms with van der Waals surface area (Å²) >= 11 is 0. The van der Waals surface area contributed by atoms with Gasteiger partial charge in [-0.15, -0.1) is 0 Å². The zero-order chi connectivity index (χ0) is 13.5. The molecule has 0 bridgehead atoms. The van der Waals surface area contributed by atoms with Gasteiger partial charge in [-0.25, -0.2) is 15.8 Å². The van der Waals surface area contributed by atoms with Crippen LogP contribution in [-0.2, 0) is 0 Å². The summed E-state index contributed by atoms with van der Waals surface area (Å²) in [6.07, 6.45) is 1.99. The maximum atomic E-state index is 8.94. The van der Waals surface area contributed by atoms with Crippen molar-refractivity contribution in [3.05, 3.63) is 11.4 Å². The van der Waals surface area contributed by atoms with E-state index >= 15 is 0 Å². The fourth-order valence-corrected chi connectivity index (χ4v) is 1.69. The number of aryl methyl sites for hydroxylation is 1. The predicted molar refractivity (Wildman–Crippen MR) is 73.3 cm³/mol. The second kappa shape index (κ2) is 7.13. The van der Waals surface area contributed by atoms with E-state index in [1.807, 2.05) is 20.8 Å². The van der Waals surface area contributed by atoms with E-state index in [-0.39, 0.29) is 6.61 Å². The van der Waals surface area contributed by atoms with E-state index in [4.69, 9.17) is 10.9 Å². The number of hydrazine groups is 1. The number of hydrogen-bond acceptors (Lipinski definition) is 6. The molecule has 0 saturated carbocycles. The molecule has 5 N–H and O–H groups in total. The van der Waals surface area contributed by atoms with Crippen molar-refractivity contribution in [2.75, 3.05) is 23.9 Å². The highest BCUT2D eigenvalue weighted by molar-refractivity contribution is 5.56. The molecule has 1 aromatic heterocycles. The van der Waals surface area contributed by atoms with Crippen molar-refractivity contribution in [3.8, 4) is 0 Å². The van der Waals surface area contributed by atoms with E-state index < -0.39 is 0 Å². The van der Waals surface area contributed by atoms with E-state index in [2.05, 4.69) is 20.7 Å². The third kappa shape index (κ3) is 4.12. The molecule has 1 heterocycles. The summed E-state index contributed by atoms with van der Waals surface area (Å²) in [5, 5.41) is 12.2. The topological polar surface area (TPSA) is 96.1 Å². The molecule has 0 saturated heterocycles. The maximum absolute atomic E-state index is 8.94. The highest BCUT2D eigenvalue weighted by Gasteiger charge is 2.07. The third-order valence-electron chi connectivity index (χ3n) is 2.87. The van der Waals surface area contributed by atoms with E-state index in [1.54, 1.807) is 0 Å². The van der Waals surface area contributed by atoms with Crippen molar-refractivity contribution < 1.29 is 5.11 Å². The summed E-state index contributed by atoms with van der Waals surface area (Å²) in [5.74, 6) is 7.89. The Balaban J connectivity index is 2.54. The Morgan fingerprint density at radius 2 is 1.94 bits per heavy atom. The van der Waals surface area contributed by atoms with Crippen LogP contribution in [0.25, 0.3) is 0 Å². The summed E-state index contributed by atoms with van der Waals surface area (Å²) in [5.41, 5.74) is 3.49. The second-order valence-corrected chi connectivity index (χ2v) is 4.59. The lowest BCUT2D eigenvalue weighted by molar-refractivity contribution is 0.229. The fraction of sp³-hybridized carbons (Fsp3) is 0.667. The molecule has 18 heavy (non-hydrogen) atoms. The SMILES string of the molecule is Cc1nc(NN)c(C)c(NCCCC(C)CO)n1. The summed E-state index contributed by atoms with van der Waals surface area (Å²) < 4.78 is 0. The van der Waals surface area contributed by atoms with E-state index in [1.165, 1.54) is 0 Å². The third-order valence-corrected chi connectivity index (χ3v) is 2.87. The molecule has 0 fully saturated rings. The molecule has 1 atom stereocenters. The number of aliphatic hydroxyl groups is 1. The zero-order valence-electron chi connectivity index (χ0n) is 11.3. The Morgan fingerprint density at radius 1 is 1.28 bits per heavy atom. The molecule has 0 aliphatic rings. The highest BCUT2D eigenvalue weighted by atomic mass is 16.3. The number of rotatable bonds is 7. The summed E-state index contributed by atoms with van der Waals surface area (Å²) in [6.45, 7) is 6.86. The molecular formula is C12H23N5O. The number of nitrogens with zero attached hydrogens (tertiary/aromatic N) is 2. The lowest BCUT2D eigenvalue weighted by Crippen LogP contribution is -2.15. The molecule has 102 valence electrons. The average Bonchev–Trinajstić information content (AvgIpc) is 2.37. The van der Waals surface area contributed by atoms with Gasteiger partial charge in [0, 0.05) is 18.7 Å². The minimum absolute atomic E-state index is 0.243. The Labute approximate surface area is 108 Å². The zero-order valence-corrected chi connectivity index (χ0v) is 11.3. The van der Waals surface area contributed by atoms with Crippen LogP contribution < -0.4 is 16.6 Å². The van der Waals surface area contributed by atoms with Gasteiger partial charge in [0.25, 0.3) is 0 Å². The largest absolute Gasteiger partial charge is 0.396 e. The van der Waals surface area contributed by atoms with Gasteiger partial charge in [-0.3, -0.25) is 0 Å². The first-order valence-electron chi connectivity index (χ1n) is 6.25. The normalized spacial score (nSPS) is 12.3. The van der Waals surface area contributed by atoms with Gasteiger partial charge in [0.1, 0.15) is 17.5 Å². The van der Waals surface area contributed by atoms with Crippen LogP contribution in [0.2, 0.25) is 0 Å². The van der Waals surface area contributed by atoms with Gasteiger partial charge in [0.15, 0.2) is 0 Å². The summed E-state index contributed by atoms with van der Waals surface area (Å²) in [7, 11) is 0. The molecule has 6 nitrogen and oxygen atoms in total. The van der Waals surface area contributed by atoms with E-state index in [0.717, 1.165) is 30.8 Å². The molecule has 1 rings (SSSR count). The Hall–Kier alpha value is -1.40. The average molecular weight is 253 g/mol. The predicted octanol–water partition coefficient (Wildman–Crippen LogP) is 1.20. The lowest BCUT2D eigenvalue weighted by atomic mass is 10.1. The van der Waals surface area contributed by atoms with Gasteiger partial charge in [-0.1, -0.05) is 6.92 Å². The number of nitrogen functional groups attached to an aromatic ring is 1. The summed E-state index contributed by atoms with van der Waals surface area (Å²) in [6, 6.07) is 0. The number of nitrogens with one attached hydrogen (secondary N) is 2. The number of hydrogen-bond donors (Lipinski definition) is 4. The molecule has 0 aromatic carbocycles. The van der Waals surface area contributed by atoms with Crippen molar-refractivity contribution >= 4 is 11.6 Å². The smallest absolute Gasteiger partial charge is 0.148 e. The van der Waals surface area contributed by atoms with Gasteiger partial charge in [0.05, 0.1) is 0 Å². The Bertz CT molecular complexity index is 383. The molecule has 0 amide bonds. The van der Waals surface area contributed by atoms with Crippen LogP contribution in [0.15, 0.2) is 0 Å². The van der Waals surface area contributed by atoms with E-state index in [0.29, 0.717) is 17.6 Å². The van der Waals surface area contributed by atoms with Crippen LogP contribution in [0, 0.1) is 19.8 Å². The Kier molecular flexibility index (Phi) is 5.80. The first-order valence-corrected chi connectivity index (χ1v) is 6.25. The molecular weight excluding hydrogens is 230 g/mol. The Morgan fingerprint density at radius 3 is 2.56 bits per heavy atom. The van der Waals surface area contributed by atoms with Crippen molar-refractivity contribution in [2.24, 2.45) is 11.8 Å². The standard InChI is InChI=1S/C12H23N5O/c1-8(7-18)5-4-6-14-11-9(2)12(17-13)16-10(3)15-11/h8,18H,4-7,13H2,1-3H3,(H2,14,15,16,17). The minimum atomic E-state index is 0.243. The van der Waals surface area contributed by atoms with Gasteiger partial charge in [-0.05, 0) is 32.6 Å². The first kappa shape index (κ1) is 14.7. The van der Waals surface area contributed by atoms with E-state index in [9.17, 15) is 0 Å². The van der Waals surface area contributed by atoms with Crippen molar-refractivity contribution in [1.82, 2.24) is 9.97 Å². The van der Waals surface area contributed by atoms with Crippen molar-refractivity contribution in [1.29, 1.82) is 0 Å². The van der Waals surface area contributed by atoms with Crippen LogP contribution in [-0.4, -0.2) is 28.2 Å². The second-order valence-electron chi connectivity index (χ2n) is 4.59.